The lowest BCUT2D eigenvalue weighted by Crippen LogP contribution is -2.29. The molecular weight excluding hydrogens is 294 g/mol. The Morgan fingerprint density at radius 1 is 1.53 bits per heavy atom. The minimum Gasteiger partial charge on any atom is -0.482 e. The van der Waals surface area contributed by atoms with Crippen molar-refractivity contribution in [3.8, 4) is 11.8 Å². The summed E-state index contributed by atoms with van der Waals surface area (Å²) in [6.45, 7) is -0.462. The zero-order chi connectivity index (χ0) is 14.5. The monoisotopic (exact) mass is 303 g/mol. The van der Waals surface area contributed by atoms with E-state index in [1.54, 1.807) is 6.07 Å². The smallest absolute Gasteiger partial charge is 0.258 e. The van der Waals surface area contributed by atoms with Crippen LogP contribution in [0, 0.1) is 11.3 Å². The molecule has 3 N–H and O–H groups in total. The molecule has 1 aromatic carbocycles. The Labute approximate surface area is 115 Å². The fourth-order valence-corrected chi connectivity index (χ4v) is 1.95. The highest BCUT2D eigenvalue weighted by atomic mass is 35.5. The topological polar surface area (TPSA) is 122 Å². The molecule has 0 aromatic heterocycles. The highest BCUT2D eigenvalue weighted by Gasteiger charge is 2.12. The van der Waals surface area contributed by atoms with Crippen LogP contribution in [0.25, 0.3) is 0 Å². The van der Waals surface area contributed by atoms with Gasteiger partial charge in [-0.1, -0.05) is 11.6 Å². The summed E-state index contributed by atoms with van der Waals surface area (Å²) in [6, 6.07) is 5.37. The zero-order valence-corrected chi connectivity index (χ0v) is 11.2. The fraction of sp³-hybridized carbons (Fsp3) is 0.200. The molecule has 0 aliphatic heterocycles. The third kappa shape index (κ3) is 4.75. The second-order valence-electron chi connectivity index (χ2n) is 3.36. The molecule has 0 bridgehead atoms. The molecule has 102 valence electrons. The van der Waals surface area contributed by atoms with Crippen LogP contribution in [-0.4, -0.2) is 27.5 Å². The Balaban J connectivity index is 2.71. The van der Waals surface area contributed by atoms with Crippen molar-refractivity contribution in [2.45, 2.75) is 4.90 Å². The molecule has 0 spiro atoms. The van der Waals surface area contributed by atoms with Crippen LogP contribution in [0.15, 0.2) is 23.1 Å². The summed E-state index contributed by atoms with van der Waals surface area (Å²) in [5.41, 5.74) is 0. The van der Waals surface area contributed by atoms with Gasteiger partial charge in [0.05, 0.1) is 16.0 Å². The second-order valence-corrected chi connectivity index (χ2v) is 5.33. The Hall–Kier alpha value is -1.82. The van der Waals surface area contributed by atoms with Gasteiger partial charge in [0.25, 0.3) is 5.91 Å². The van der Waals surface area contributed by atoms with Crippen LogP contribution in [0.5, 0.6) is 5.75 Å². The number of primary sulfonamides is 1. The lowest BCUT2D eigenvalue weighted by Gasteiger charge is -2.08. The molecular formula is C10H10ClN3O4S. The molecule has 1 aromatic rings. The molecule has 1 rings (SSSR count). The maximum Gasteiger partial charge on any atom is 0.258 e. The Bertz CT molecular complexity index is 624. The number of carbonyl (C=O) groups excluding carboxylic acids is 1. The van der Waals surface area contributed by atoms with Crippen molar-refractivity contribution < 1.29 is 17.9 Å². The van der Waals surface area contributed by atoms with Gasteiger partial charge in [-0.15, -0.1) is 0 Å². The number of benzene rings is 1. The van der Waals surface area contributed by atoms with Crippen LogP contribution >= 0.6 is 11.6 Å². The second kappa shape index (κ2) is 6.38. The molecule has 0 saturated heterocycles. The average molecular weight is 304 g/mol. The number of sulfonamides is 1. The van der Waals surface area contributed by atoms with E-state index in [-0.39, 0.29) is 28.8 Å². The number of nitrogens with one attached hydrogen (secondary N) is 1. The predicted molar refractivity (Wildman–Crippen MR) is 66.9 cm³/mol. The van der Waals surface area contributed by atoms with E-state index in [0.717, 1.165) is 6.07 Å². The molecule has 0 atom stereocenters. The van der Waals surface area contributed by atoms with Gasteiger partial charge in [0.1, 0.15) is 12.3 Å². The normalized spacial score (nSPS) is 10.6. The Morgan fingerprint density at radius 3 is 2.74 bits per heavy atom. The van der Waals surface area contributed by atoms with Crippen LogP contribution in [0.2, 0.25) is 5.02 Å². The van der Waals surface area contributed by atoms with Crippen molar-refractivity contribution in [1.82, 2.24) is 5.32 Å². The van der Waals surface area contributed by atoms with Crippen molar-refractivity contribution in [2.75, 3.05) is 13.2 Å². The van der Waals surface area contributed by atoms with Crippen molar-refractivity contribution in [3.63, 3.8) is 0 Å². The molecule has 7 nitrogen and oxygen atoms in total. The van der Waals surface area contributed by atoms with E-state index < -0.39 is 15.9 Å². The van der Waals surface area contributed by atoms with Crippen LogP contribution in [0.3, 0.4) is 0 Å². The quantitative estimate of drug-likeness (QED) is 0.742. The molecule has 0 heterocycles. The fourth-order valence-electron chi connectivity index (χ4n) is 1.11. The number of rotatable bonds is 5. The summed E-state index contributed by atoms with van der Waals surface area (Å²) in [4.78, 5) is 11.0. The maximum absolute atomic E-state index is 11.2. The summed E-state index contributed by atoms with van der Waals surface area (Å²) in [6.07, 6.45) is 0. The van der Waals surface area contributed by atoms with E-state index in [2.05, 4.69) is 5.32 Å². The first-order valence-electron chi connectivity index (χ1n) is 4.93. The number of ether oxygens (including phenoxy) is 1. The molecule has 0 saturated carbocycles. The first-order chi connectivity index (χ1) is 8.84. The van der Waals surface area contributed by atoms with Crippen LogP contribution in [-0.2, 0) is 14.8 Å². The SMILES string of the molecule is N#CCNC(=O)COc1ccc(S(N)(=O)=O)cc1Cl. The van der Waals surface area contributed by atoms with E-state index in [4.69, 9.17) is 26.7 Å². The van der Waals surface area contributed by atoms with Crippen molar-refractivity contribution in [1.29, 1.82) is 5.26 Å². The number of carbonyl (C=O) groups is 1. The predicted octanol–water partition coefficient (Wildman–Crippen LogP) is 0.00598. The summed E-state index contributed by atoms with van der Waals surface area (Å²) in [5, 5.41) is 15.5. The molecule has 0 fully saturated rings. The number of nitrogens with two attached hydrogens (primary N) is 1. The first-order valence-corrected chi connectivity index (χ1v) is 6.86. The third-order valence-electron chi connectivity index (χ3n) is 1.96. The van der Waals surface area contributed by atoms with Gasteiger partial charge in [-0.2, -0.15) is 5.26 Å². The number of nitriles is 1. The molecule has 0 aliphatic rings. The lowest BCUT2D eigenvalue weighted by molar-refractivity contribution is -0.122. The lowest BCUT2D eigenvalue weighted by atomic mass is 10.3. The number of amides is 1. The highest BCUT2D eigenvalue weighted by molar-refractivity contribution is 7.89. The maximum atomic E-state index is 11.2. The van der Waals surface area contributed by atoms with Gasteiger partial charge in [-0.05, 0) is 18.2 Å². The molecule has 9 heteroatoms. The Kier molecular flexibility index (Phi) is 5.11. The minimum atomic E-state index is -3.84. The molecule has 19 heavy (non-hydrogen) atoms. The van der Waals surface area contributed by atoms with Gasteiger partial charge >= 0.3 is 0 Å². The third-order valence-corrected chi connectivity index (χ3v) is 3.16. The number of hydrogen-bond donors (Lipinski definition) is 2. The van der Waals surface area contributed by atoms with Gasteiger partial charge in [0.2, 0.25) is 10.0 Å². The summed E-state index contributed by atoms with van der Waals surface area (Å²) >= 11 is 5.79. The largest absolute Gasteiger partial charge is 0.482 e. The van der Waals surface area contributed by atoms with Crippen LogP contribution in [0.4, 0.5) is 0 Å². The number of hydrogen-bond acceptors (Lipinski definition) is 5. The van der Waals surface area contributed by atoms with Crippen molar-refractivity contribution >= 4 is 27.5 Å². The van der Waals surface area contributed by atoms with E-state index in [0.29, 0.717) is 0 Å². The molecule has 0 radical (unpaired) electrons. The summed E-state index contributed by atoms with van der Waals surface area (Å²) in [7, 11) is -3.84. The van der Waals surface area contributed by atoms with Gasteiger partial charge in [-0.3, -0.25) is 4.79 Å². The van der Waals surface area contributed by atoms with Gasteiger partial charge in [0.15, 0.2) is 6.61 Å². The van der Waals surface area contributed by atoms with Gasteiger partial charge < -0.3 is 10.1 Å². The van der Waals surface area contributed by atoms with Crippen LogP contribution < -0.4 is 15.2 Å². The number of nitrogens with zero attached hydrogens (tertiary/aromatic N) is 1. The summed E-state index contributed by atoms with van der Waals surface area (Å²) < 4.78 is 27.2. The first kappa shape index (κ1) is 15.2. The van der Waals surface area contributed by atoms with E-state index in [1.165, 1.54) is 12.1 Å². The zero-order valence-electron chi connectivity index (χ0n) is 9.59. The number of halogens is 1. The minimum absolute atomic E-state index is 0.0135. The van der Waals surface area contributed by atoms with E-state index >= 15 is 0 Å². The standard InChI is InChI=1S/C10H10ClN3O4S/c11-8-5-7(19(13,16)17)1-2-9(8)18-6-10(15)14-4-3-12/h1-2,5H,4,6H2,(H,14,15)(H2,13,16,17). The van der Waals surface area contributed by atoms with E-state index in [1.807, 2.05) is 0 Å². The van der Waals surface area contributed by atoms with Crippen molar-refractivity contribution in [3.05, 3.63) is 23.2 Å². The summed E-state index contributed by atoms with van der Waals surface area (Å²) in [5.74, 6) is -0.352. The van der Waals surface area contributed by atoms with Crippen LogP contribution in [0.1, 0.15) is 0 Å². The van der Waals surface area contributed by atoms with E-state index in [9.17, 15) is 13.2 Å². The van der Waals surface area contributed by atoms with Gasteiger partial charge in [0, 0.05) is 0 Å². The molecule has 1 amide bonds. The van der Waals surface area contributed by atoms with Crippen molar-refractivity contribution in [2.24, 2.45) is 5.14 Å². The highest BCUT2D eigenvalue weighted by Crippen LogP contribution is 2.26. The molecule has 0 aliphatic carbocycles. The Morgan fingerprint density at radius 2 is 2.21 bits per heavy atom. The van der Waals surface area contributed by atoms with Gasteiger partial charge in [-0.25, -0.2) is 13.6 Å². The molecule has 0 unspecified atom stereocenters. The average Bonchev–Trinajstić information content (AvgIpc) is 2.33.